The first kappa shape index (κ1) is 56.2. The normalized spacial score (nSPS) is 5.00. The topological polar surface area (TPSA) is 316 Å². The van der Waals surface area contributed by atoms with Crippen LogP contribution in [-0.2, 0) is 112 Å². The van der Waals surface area contributed by atoms with Crippen molar-refractivity contribution in [2.45, 2.75) is 0 Å². The second-order valence-electron chi connectivity index (χ2n) is 1.25. The van der Waals surface area contributed by atoms with Crippen LogP contribution >= 0.6 is 0 Å². The van der Waals surface area contributed by atoms with E-state index in [1.54, 1.807) is 0 Å². The Labute approximate surface area is 203 Å². The summed E-state index contributed by atoms with van der Waals surface area (Å²) in [5.41, 5.74) is 0. The molecule has 0 N–H and O–H groups in total. The van der Waals surface area contributed by atoms with E-state index in [0.29, 0.717) is 0 Å². The molecule has 0 bridgehead atoms. The van der Waals surface area contributed by atoms with Crippen molar-refractivity contribution in [1.82, 2.24) is 0 Å². The minimum Gasteiger partial charge on any atom is -0.672 e. The zero-order valence-electron chi connectivity index (χ0n) is 10.5. The van der Waals surface area contributed by atoms with Crippen LogP contribution in [0.15, 0.2) is 0 Å². The van der Waals surface area contributed by atoms with Gasteiger partial charge in [-0.25, -0.2) is 0 Å². The van der Waals surface area contributed by atoms with Gasteiger partial charge in [-0.2, -0.15) is 0 Å². The van der Waals surface area contributed by atoms with Crippen molar-refractivity contribution in [1.29, 1.82) is 0 Å². The molecule has 0 atom stereocenters. The molecular weight excluding hydrogens is 665 g/mol. The Kier molecular flexibility index (Phi) is 116. The van der Waals surface area contributed by atoms with Gasteiger partial charge in [-0.3, -0.25) is 0 Å². The van der Waals surface area contributed by atoms with Crippen molar-refractivity contribution >= 4 is 45.9 Å². The third kappa shape index (κ3) is 10700. The van der Waals surface area contributed by atoms with Crippen molar-refractivity contribution in [3.63, 3.8) is 0 Å². The van der Waals surface area contributed by atoms with Gasteiger partial charge in [-0.05, 0) is 0 Å². The van der Waals surface area contributed by atoms with Crippen LogP contribution < -0.4 is 48.0 Å². The second-order valence-corrected chi connectivity index (χ2v) is 3.75. The molecule has 0 unspecified atom stereocenters. The summed E-state index contributed by atoms with van der Waals surface area (Å²) < 4.78 is 42.6. The molecule has 0 aliphatic carbocycles. The van der Waals surface area contributed by atoms with E-state index < -0.39 is 45.9 Å². The Balaban J connectivity index is -0.0000000161. The Hall–Kier alpha value is 1.02. The van der Waals surface area contributed by atoms with Crippen LogP contribution in [0.1, 0.15) is 0 Å². The van der Waals surface area contributed by atoms with Crippen LogP contribution in [0.4, 0.5) is 0 Å². The van der Waals surface area contributed by atoms with E-state index in [0.717, 1.165) is 0 Å². The molecular formula is O15Si5V2Zr2. The van der Waals surface area contributed by atoms with Gasteiger partial charge in [0.15, 0.2) is 0 Å². The van der Waals surface area contributed by atoms with Crippen molar-refractivity contribution in [3.8, 4) is 0 Å². The predicted octanol–water partition coefficient (Wildman–Crippen LogP) is -14.4. The third-order valence-corrected chi connectivity index (χ3v) is 0. The zero-order valence-corrected chi connectivity index (χ0v) is 23.2. The molecule has 0 heterocycles. The monoisotopic (exact) mass is 662 g/mol. The van der Waals surface area contributed by atoms with Gasteiger partial charge in [0, 0.05) is 98.3 Å². The van der Waals surface area contributed by atoms with Crippen LogP contribution in [0.25, 0.3) is 0 Å². The Bertz CT molecular complexity index is 221. The molecule has 0 aromatic carbocycles. The minimum absolute atomic E-state index is 0. The van der Waals surface area contributed by atoms with E-state index in [1.807, 2.05) is 0 Å². The molecule has 0 amide bonds. The molecule has 0 aromatic rings. The van der Waals surface area contributed by atoms with E-state index in [-0.39, 0.29) is 89.5 Å². The molecule has 24 heavy (non-hydrogen) atoms. The molecule has 0 saturated carbocycles. The summed E-state index contributed by atoms with van der Waals surface area (Å²) in [6, 6.07) is 0. The predicted molar refractivity (Wildman–Crippen MR) is 32.2 cm³/mol. The molecule has 0 aliphatic heterocycles. The van der Waals surface area contributed by atoms with Crippen LogP contribution in [0.5, 0.6) is 0 Å². The fourth-order valence-electron chi connectivity index (χ4n) is 0. The summed E-state index contributed by atoms with van der Waals surface area (Å²) in [4.78, 5) is 85.2. The maximum absolute atomic E-state index is 8.52. The molecule has 128 valence electrons. The average molecular weight is 665 g/mol. The Morgan fingerprint density at radius 3 is 0.333 bits per heavy atom. The van der Waals surface area contributed by atoms with E-state index in [9.17, 15) is 0 Å². The summed E-state index contributed by atoms with van der Waals surface area (Å²) in [6.07, 6.45) is 0. The summed E-state index contributed by atoms with van der Waals surface area (Å²) in [5, 5.41) is 0. The molecule has 0 radical (unpaired) electrons. The third-order valence-electron chi connectivity index (χ3n) is 0. The summed E-state index contributed by atoms with van der Waals surface area (Å²) in [7, 11) is -18.1. The number of hydrogen-bond acceptors (Lipinski definition) is 15. The summed E-state index contributed by atoms with van der Waals surface area (Å²) in [6.45, 7) is 0. The molecule has 0 spiro atoms. The van der Waals surface area contributed by atoms with Crippen LogP contribution in [-0.4, -0.2) is 45.9 Å². The van der Waals surface area contributed by atoms with Gasteiger partial charge in [-0.1, -0.05) is 0 Å². The van der Waals surface area contributed by atoms with Crippen molar-refractivity contribution < 1.29 is 160 Å². The van der Waals surface area contributed by atoms with Gasteiger partial charge in [0.25, 0.3) is 0 Å². The Morgan fingerprint density at radius 2 is 0.333 bits per heavy atom. The zero-order chi connectivity index (χ0) is 17.9. The van der Waals surface area contributed by atoms with Gasteiger partial charge in [0.2, 0.25) is 0 Å². The maximum Gasteiger partial charge on any atom is 5.00 e. The molecule has 0 aliphatic rings. The fourth-order valence-corrected chi connectivity index (χ4v) is 0. The summed E-state index contributed by atoms with van der Waals surface area (Å²) in [5.74, 6) is 0. The number of rotatable bonds is 0. The van der Waals surface area contributed by atoms with Crippen molar-refractivity contribution in [2.24, 2.45) is 0 Å². The number of hydrogen-bond donors (Lipinski definition) is 0. The van der Waals surface area contributed by atoms with Crippen LogP contribution in [0.2, 0.25) is 0 Å². The van der Waals surface area contributed by atoms with E-state index in [1.165, 1.54) is 0 Å². The maximum atomic E-state index is 8.52. The van der Waals surface area contributed by atoms with E-state index in [2.05, 4.69) is 0 Å². The molecule has 0 fully saturated rings. The van der Waals surface area contributed by atoms with Crippen molar-refractivity contribution in [2.75, 3.05) is 0 Å². The van der Waals surface area contributed by atoms with Gasteiger partial charge >= 0.3 is 37.1 Å². The SMILES string of the molecule is O=[Si]([O-])[O-].O=[Si]([O-])[O-].O=[Si]([O-])[O-].O=[Si]([O-])[O-].O=[Si]([O-])[O-].[V+5].[V+5].[Zr].[Zr]. The molecule has 15 nitrogen and oxygen atoms in total. The quantitative estimate of drug-likeness (QED) is 0.217. The smallest absolute Gasteiger partial charge is 0.672 e. The first-order valence-electron chi connectivity index (χ1n) is 3.06. The van der Waals surface area contributed by atoms with Gasteiger partial charge in [0.1, 0.15) is 0 Å². The molecule has 0 aromatic heterocycles. The van der Waals surface area contributed by atoms with E-state index >= 15 is 0 Å². The van der Waals surface area contributed by atoms with Gasteiger partial charge < -0.3 is 70.3 Å². The minimum atomic E-state index is -3.63. The van der Waals surface area contributed by atoms with Crippen LogP contribution in [0.3, 0.4) is 0 Å². The fraction of sp³-hybridized carbons (Fsp3) is 0. The molecule has 0 saturated heterocycles. The molecule has 0 rings (SSSR count). The van der Waals surface area contributed by atoms with Crippen molar-refractivity contribution in [3.05, 3.63) is 0 Å². The van der Waals surface area contributed by atoms with Gasteiger partial charge in [-0.15, -0.1) is 0 Å². The van der Waals surface area contributed by atoms with Crippen LogP contribution in [0, 0.1) is 0 Å². The van der Waals surface area contributed by atoms with E-state index in [4.69, 9.17) is 70.3 Å². The second kappa shape index (κ2) is 49.6. The standard InChI is InChI=1S/5O3Si.2V.2Zr/c5*1-4(2)3;;;;/q5*-2;2*+5;;. The molecule has 24 heteroatoms. The largest absolute Gasteiger partial charge is 5.00 e. The average Bonchev–Trinajstić information content (AvgIpc) is 1.94. The summed E-state index contributed by atoms with van der Waals surface area (Å²) >= 11 is 0. The first-order valence-corrected chi connectivity index (χ1v) is 9.19. The first-order chi connectivity index (χ1) is 8.66. The Morgan fingerprint density at radius 1 is 0.333 bits per heavy atom. The van der Waals surface area contributed by atoms with Gasteiger partial charge in [0.05, 0.1) is 0 Å².